The van der Waals surface area contributed by atoms with Gasteiger partial charge < -0.3 is 0 Å². The molecule has 3 aromatic carbocycles. The Morgan fingerprint density at radius 1 is 0.971 bits per heavy atom. The zero-order valence-corrected chi connectivity index (χ0v) is 19.6. The van der Waals surface area contributed by atoms with Crippen molar-refractivity contribution in [2.75, 3.05) is 4.72 Å². The number of aromatic amines is 1. The SMILES string of the molecule is C=C(c1ccc(Cl)cc1)n1[nH]c(C)c(N=Nc2ccc(S(=O)(=O)Nc3ccccc3)cc2)c1=O. The van der Waals surface area contributed by atoms with E-state index >= 15 is 0 Å². The Bertz CT molecular complexity index is 1520. The van der Waals surface area contributed by atoms with Crippen LogP contribution in [0.15, 0.2) is 105 Å². The Kier molecular flexibility index (Phi) is 6.49. The molecule has 0 aliphatic rings. The second-order valence-electron chi connectivity index (χ2n) is 7.34. The van der Waals surface area contributed by atoms with Crippen LogP contribution in [-0.2, 0) is 10.0 Å². The predicted molar refractivity (Wildman–Crippen MR) is 134 cm³/mol. The molecule has 0 bridgehead atoms. The number of rotatable bonds is 7. The number of aromatic nitrogens is 2. The highest BCUT2D eigenvalue weighted by Crippen LogP contribution is 2.23. The van der Waals surface area contributed by atoms with E-state index in [4.69, 9.17) is 11.6 Å². The normalized spacial score (nSPS) is 11.6. The van der Waals surface area contributed by atoms with Gasteiger partial charge in [0.15, 0.2) is 5.69 Å². The minimum Gasteiger partial charge on any atom is -0.293 e. The van der Waals surface area contributed by atoms with Crippen LogP contribution in [0, 0.1) is 6.92 Å². The highest BCUT2D eigenvalue weighted by atomic mass is 35.5. The van der Waals surface area contributed by atoms with E-state index in [0.717, 1.165) is 5.56 Å². The van der Waals surface area contributed by atoms with E-state index in [9.17, 15) is 13.2 Å². The number of sulfonamides is 1. The molecule has 0 spiro atoms. The first-order valence-corrected chi connectivity index (χ1v) is 12.0. The van der Waals surface area contributed by atoms with Gasteiger partial charge in [0.05, 0.1) is 22.0 Å². The zero-order valence-electron chi connectivity index (χ0n) is 18.1. The molecule has 1 heterocycles. The molecule has 8 nitrogen and oxygen atoms in total. The van der Waals surface area contributed by atoms with Crippen LogP contribution >= 0.6 is 11.6 Å². The highest BCUT2D eigenvalue weighted by Gasteiger charge is 2.15. The number of hydrogen-bond acceptors (Lipinski definition) is 5. The fourth-order valence-corrected chi connectivity index (χ4v) is 4.32. The van der Waals surface area contributed by atoms with Crippen LogP contribution < -0.4 is 10.3 Å². The van der Waals surface area contributed by atoms with Crippen molar-refractivity contribution in [3.63, 3.8) is 0 Å². The number of halogens is 1. The van der Waals surface area contributed by atoms with Crippen molar-refractivity contribution < 1.29 is 8.42 Å². The van der Waals surface area contributed by atoms with Crippen molar-refractivity contribution in [3.8, 4) is 0 Å². The highest BCUT2D eigenvalue weighted by molar-refractivity contribution is 7.92. The summed E-state index contributed by atoms with van der Waals surface area (Å²) in [5.41, 5.74) is 2.23. The summed E-state index contributed by atoms with van der Waals surface area (Å²) in [7, 11) is -3.74. The molecule has 0 saturated carbocycles. The van der Waals surface area contributed by atoms with Crippen molar-refractivity contribution in [1.82, 2.24) is 9.78 Å². The zero-order chi connectivity index (χ0) is 24.3. The van der Waals surface area contributed by atoms with Crippen LogP contribution in [0.2, 0.25) is 5.02 Å². The Hall–Kier alpha value is -3.95. The molecule has 0 atom stereocenters. The maximum Gasteiger partial charge on any atom is 0.299 e. The summed E-state index contributed by atoms with van der Waals surface area (Å²) in [6.45, 7) is 5.68. The number of anilines is 1. The number of nitrogens with one attached hydrogen (secondary N) is 2. The van der Waals surface area contributed by atoms with Gasteiger partial charge in [-0.25, -0.2) is 13.1 Å². The molecule has 0 radical (unpaired) electrons. The summed E-state index contributed by atoms with van der Waals surface area (Å²) in [4.78, 5) is 12.9. The van der Waals surface area contributed by atoms with Crippen molar-refractivity contribution in [3.05, 3.63) is 112 Å². The van der Waals surface area contributed by atoms with Crippen LogP contribution in [0.5, 0.6) is 0 Å². The van der Waals surface area contributed by atoms with Crippen molar-refractivity contribution in [1.29, 1.82) is 0 Å². The van der Waals surface area contributed by atoms with E-state index in [0.29, 0.717) is 27.8 Å². The lowest BCUT2D eigenvalue weighted by atomic mass is 10.2. The van der Waals surface area contributed by atoms with Gasteiger partial charge in [-0.05, 0) is 61.0 Å². The molecule has 1 aromatic heterocycles. The van der Waals surface area contributed by atoms with Crippen LogP contribution in [0.25, 0.3) is 5.70 Å². The maximum atomic E-state index is 12.9. The van der Waals surface area contributed by atoms with E-state index in [-0.39, 0.29) is 10.6 Å². The van der Waals surface area contributed by atoms with E-state index in [1.807, 2.05) is 0 Å². The standard InChI is InChI=1S/C24H20ClN5O3S/c1-16-23(24(31)30(28-16)17(2)18-8-10-19(25)11-9-18)27-26-20-12-14-22(15-13-20)34(32,33)29-21-6-4-3-5-7-21/h3-15,28-29H,2H2,1H3. The third-order valence-electron chi connectivity index (χ3n) is 4.93. The number of H-pyrrole nitrogens is 1. The summed E-state index contributed by atoms with van der Waals surface area (Å²) in [6, 6.07) is 21.4. The van der Waals surface area contributed by atoms with E-state index in [2.05, 4.69) is 26.6 Å². The molecule has 0 aliphatic heterocycles. The monoisotopic (exact) mass is 493 g/mol. The Labute approximate surface area is 201 Å². The first kappa shape index (κ1) is 23.2. The lowest BCUT2D eigenvalue weighted by Gasteiger charge is -2.07. The van der Waals surface area contributed by atoms with Crippen molar-refractivity contribution in [2.45, 2.75) is 11.8 Å². The molecular formula is C24H20ClN5O3S. The van der Waals surface area contributed by atoms with Gasteiger partial charge in [-0.15, -0.1) is 5.11 Å². The van der Waals surface area contributed by atoms with Gasteiger partial charge in [0.25, 0.3) is 15.6 Å². The Morgan fingerprint density at radius 2 is 1.62 bits per heavy atom. The van der Waals surface area contributed by atoms with E-state index in [1.54, 1.807) is 61.5 Å². The fourth-order valence-electron chi connectivity index (χ4n) is 3.14. The molecule has 2 N–H and O–H groups in total. The van der Waals surface area contributed by atoms with Gasteiger partial charge in [0.1, 0.15) is 0 Å². The molecule has 4 rings (SSSR count). The first-order chi connectivity index (χ1) is 16.2. The van der Waals surface area contributed by atoms with Gasteiger partial charge in [-0.3, -0.25) is 14.6 Å². The van der Waals surface area contributed by atoms with Crippen LogP contribution in [0.1, 0.15) is 11.3 Å². The average molecular weight is 494 g/mol. The third kappa shape index (κ3) is 5.00. The minimum absolute atomic E-state index is 0.0785. The lowest BCUT2D eigenvalue weighted by Crippen LogP contribution is -2.15. The molecule has 0 unspecified atom stereocenters. The number of benzene rings is 3. The van der Waals surface area contributed by atoms with Gasteiger partial charge >= 0.3 is 0 Å². The maximum absolute atomic E-state index is 12.9. The van der Waals surface area contributed by atoms with E-state index < -0.39 is 15.6 Å². The number of hydrogen-bond donors (Lipinski definition) is 2. The summed E-state index contributed by atoms with van der Waals surface area (Å²) < 4.78 is 28.9. The van der Waals surface area contributed by atoms with Crippen molar-refractivity contribution in [2.24, 2.45) is 10.2 Å². The topological polar surface area (TPSA) is 109 Å². The Balaban J connectivity index is 1.53. The smallest absolute Gasteiger partial charge is 0.293 e. The second kappa shape index (κ2) is 9.50. The molecule has 0 amide bonds. The Morgan fingerprint density at radius 3 is 2.26 bits per heavy atom. The van der Waals surface area contributed by atoms with Gasteiger partial charge in [0, 0.05) is 10.7 Å². The minimum atomic E-state index is -3.74. The van der Waals surface area contributed by atoms with E-state index in [1.165, 1.54) is 28.9 Å². The first-order valence-electron chi connectivity index (χ1n) is 10.1. The fraction of sp³-hybridized carbons (Fsp3) is 0.0417. The van der Waals surface area contributed by atoms with Crippen LogP contribution in [-0.4, -0.2) is 18.2 Å². The molecule has 10 heteroatoms. The summed E-state index contributed by atoms with van der Waals surface area (Å²) in [5, 5.41) is 11.7. The molecule has 0 aliphatic carbocycles. The number of aryl methyl sites for hydroxylation is 1. The van der Waals surface area contributed by atoms with Crippen LogP contribution in [0.3, 0.4) is 0 Å². The quantitative estimate of drug-likeness (QED) is 0.314. The molecule has 4 aromatic rings. The summed E-state index contributed by atoms with van der Waals surface area (Å²) in [5.74, 6) is 0. The summed E-state index contributed by atoms with van der Waals surface area (Å²) in [6.07, 6.45) is 0. The second-order valence-corrected chi connectivity index (χ2v) is 9.46. The number of azo groups is 1. The predicted octanol–water partition coefficient (Wildman–Crippen LogP) is 5.87. The molecular weight excluding hydrogens is 474 g/mol. The average Bonchev–Trinajstić information content (AvgIpc) is 3.11. The largest absolute Gasteiger partial charge is 0.299 e. The van der Waals surface area contributed by atoms with Gasteiger partial charge in [0.2, 0.25) is 0 Å². The third-order valence-corrected chi connectivity index (χ3v) is 6.58. The molecule has 0 fully saturated rings. The van der Waals surface area contributed by atoms with Crippen molar-refractivity contribution >= 4 is 44.4 Å². The van der Waals surface area contributed by atoms with Gasteiger partial charge in [-0.2, -0.15) is 5.11 Å². The lowest BCUT2D eigenvalue weighted by molar-refractivity contribution is 0.601. The number of nitrogens with zero attached hydrogens (tertiary/aromatic N) is 3. The summed E-state index contributed by atoms with van der Waals surface area (Å²) >= 11 is 5.92. The van der Waals surface area contributed by atoms with Gasteiger partial charge in [-0.1, -0.05) is 48.5 Å². The molecule has 34 heavy (non-hydrogen) atoms. The number of para-hydroxylation sites is 1. The molecule has 172 valence electrons. The molecule has 0 saturated heterocycles. The van der Waals surface area contributed by atoms with Crippen LogP contribution in [0.4, 0.5) is 17.1 Å².